The molecular formula is C22H28N4O2. The minimum Gasteiger partial charge on any atom is -0.336 e. The smallest absolute Gasteiger partial charge is 0.253 e. The first-order chi connectivity index (χ1) is 13.6. The lowest BCUT2D eigenvalue weighted by Gasteiger charge is -2.39. The molecule has 28 heavy (non-hydrogen) atoms. The summed E-state index contributed by atoms with van der Waals surface area (Å²) in [6.45, 7) is 7.60. The summed E-state index contributed by atoms with van der Waals surface area (Å²) >= 11 is 0. The highest BCUT2D eigenvalue weighted by atomic mass is 16.2. The number of carbonyl (C=O) groups is 2. The van der Waals surface area contributed by atoms with Gasteiger partial charge in [0.1, 0.15) is 5.82 Å². The van der Waals surface area contributed by atoms with E-state index in [-0.39, 0.29) is 17.9 Å². The van der Waals surface area contributed by atoms with Gasteiger partial charge >= 0.3 is 0 Å². The highest BCUT2D eigenvalue weighted by Crippen LogP contribution is 2.16. The number of pyridine rings is 1. The van der Waals surface area contributed by atoms with E-state index in [1.165, 1.54) is 0 Å². The number of nitrogens with zero attached hydrogens (tertiary/aromatic N) is 4. The summed E-state index contributed by atoms with van der Waals surface area (Å²) in [6, 6.07) is 15.2. The summed E-state index contributed by atoms with van der Waals surface area (Å²) in [5.74, 6) is 0.853. The lowest BCUT2D eigenvalue weighted by molar-refractivity contribution is -0.118. The van der Waals surface area contributed by atoms with Crippen LogP contribution in [0.3, 0.4) is 0 Å². The molecule has 0 aliphatic carbocycles. The Balaban J connectivity index is 1.59. The van der Waals surface area contributed by atoms with Gasteiger partial charge in [0.2, 0.25) is 5.91 Å². The third kappa shape index (κ3) is 4.75. The molecule has 1 atom stereocenters. The van der Waals surface area contributed by atoms with Crippen LogP contribution in [-0.2, 0) is 4.79 Å². The molecule has 6 heteroatoms. The molecule has 3 rings (SSSR count). The zero-order chi connectivity index (χ0) is 19.9. The van der Waals surface area contributed by atoms with Crippen molar-refractivity contribution in [3.05, 3.63) is 60.3 Å². The van der Waals surface area contributed by atoms with Crippen molar-refractivity contribution in [1.29, 1.82) is 0 Å². The average molecular weight is 380 g/mol. The molecule has 1 aliphatic heterocycles. The molecule has 148 valence electrons. The van der Waals surface area contributed by atoms with E-state index in [1.807, 2.05) is 60.4 Å². The van der Waals surface area contributed by atoms with Gasteiger partial charge < -0.3 is 4.90 Å². The highest BCUT2D eigenvalue weighted by molar-refractivity contribution is 5.94. The molecule has 0 spiro atoms. The molecule has 1 aromatic carbocycles. The predicted octanol–water partition coefficient (Wildman–Crippen LogP) is 2.67. The number of rotatable bonds is 6. The van der Waals surface area contributed by atoms with Gasteiger partial charge in [0, 0.05) is 56.9 Å². The second-order valence-corrected chi connectivity index (χ2v) is 7.09. The molecule has 1 unspecified atom stereocenters. The zero-order valence-corrected chi connectivity index (χ0v) is 16.6. The van der Waals surface area contributed by atoms with E-state index in [1.54, 1.807) is 11.1 Å². The maximum Gasteiger partial charge on any atom is 0.253 e. The standard InChI is InChI=1S/C22H28N4O2/c1-3-21(27)26(20-11-7-8-12-23-20)17-18(2)24-13-15-25(16-14-24)22(28)19-9-5-4-6-10-19/h4-12,18H,3,13-17H2,1-2H3. The van der Waals surface area contributed by atoms with Crippen LogP contribution in [0.1, 0.15) is 30.6 Å². The molecule has 2 heterocycles. The number of piperazine rings is 1. The average Bonchev–Trinajstić information content (AvgIpc) is 2.77. The summed E-state index contributed by atoms with van der Waals surface area (Å²) < 4.78 is 0. The number of hydrogen-bond donors (Lipinski definition) is 0. The number of aromatic nitrogens is 1. The molecule has 1 aromatic heterocycles. The van der Waals surface area contributed by atoms with Gasteiger partial charge in [0.05, 0.1) is 0 Å². The second kappa shape index (κ2) is 9.46. The number of benzene rings is 1. The summed E-state index contributed by atoms with van der Waals surface area (Å²) in [6.07, 6.45) is 2.16. The Morgan fingerprint density at radius 2 is 1.71 bits per heavy atom. The van der Waals surface area contributed by atoms with Gasteiger partial charge in [-0.25, -0.2) is 4.98 Å². The van der Waals surface area contributed by atoms with Crippen LogP contribution in [0.25, 0.3) is 0 Å². The number of anilines is 1. The van der Waals surface area contributed by atoms with E-state index in [2.05, 4.69) is 16.8 Å². The lowest BCUT2D eigenvalue weighted by atomic mass is 10.1. The van der Waals surface area contributed by atoms with Gasteiger partial charge in [-0.3, -0.25) is 19.4 Å². The van der Waals surface area contributed by atoms with Crippen LogP contribution in [0.2, 0.25) is 0 Å². The van der Waals surface area contributed by atoms with Crippen molar-refractivity contribution < 1.29 is 9.59 Å². The van der Waals surface area contributed by atoms with Gasteiger partial charge in [-0.1, -0.05) is 31.2 Å². The van der Waals surface area contributed by atoms with E-state index >= 15 is 0 Å². The van der Waals surface area contributed by atoms with Gasteiger partial charge in [0.15, 0.2) is 0 Å². The molecule has 6 nitrogen and oxygen atoms in total. The van der Waals surface area contributed by atoms with Crippen molar-refractivity contribution >= 4 is 17.6 Å². The van der Waals surface area contributed by atoms with E-state index in [9.17, 15) is 9.59 Å². The fourth-order valence-electron chi connectivity index (χ4n) is 3.54. The zero-order valence-electron chi connectivity index (χ0n) is 16.6. The van der Waals surface area contributed by atoms with Crippen molar-refractivity contribution in [2.24, 2.45) is 0 Å². The Hall–Kier alpha value is -2.73. The van der Waals surface area contributed by atoms with Crippen LogP contribution in [0, 0.1) is 0 Å². The van der Waals surface area contributed by atoms with Gasteiger partial charge in [-0.05, 0) is 31.2 Å². The molecule has 0 saturated carbocycles. The minimum atomic E-state index is 0.0726. The van der Waals surface area contributed by atoms with Crippen molar-refractivity contribution in [2.45, 2.75) is 26.3 Å². The summed E-state index contributed by atoms with van der Waals surface area (Å²) in [5, 5.41) is 0. The molecule has 1 fully saturated rings. The summed E-state index contributed by atoms with van der Waals surface area (Å²) in [5.41, 5.74) is 0.735. The van der Waals surface area contributed by atoms with E-state index in [0.717, 1.165) is 18.7 Å². The SMILES string of the molecule is CCC(=O)N(CC(C)N1CCN(C(=O)c2ccccc2)CC1)c1ccccn1. The number of amides is 2. The fourth-order valence-corrected chi connectivity index (χ4v) is 3.54. The largest absolute Gasteiger partial charge is 0.336 e. The topological polar surface area (TPSA) is 56.8 Å². The molecule has 2 aromatic rings. The molecular weight excluding hydrogens is 352 g/mol. The monoisotopic (exact) mass is 380 g/mol. The lowest BCUT2D eigenvalue weighted by Crippen LogP contribution is -2.54. The first kappa shape index (κ1) is 20.0. The Morgan fingerprint density at radius 3 is 2.32 bits per heavy atom. The van der Waals surface area contributed by atoms with Crippen LogP contribution >= 0.6 is 0 Å². The van der Waals surface area contributed by atoms with Crippen molar-refractivity contribution in [3.63, 3.8) is 0 Å². The Bertz CT molecular complexity index is 774. The predicted molar refractivity (Wildman–Crippen MR) is 110 cm³/mol. The maximum absolute atomic E-state index is 12.6. The first-order valence-electron chi connectivity index (χ1n) is 9.90. The summed E-state index contributed by atoms with van der Waals surface area (Å²) in [4.78, 5) is 35.4. The van der Waals surface area contributed by atoms with Gasteiger partial charge in [-0.15, -0.1) is 0 Å². The molecule has 0 bridgehead atoms. The van der Waals surface area contributed by atoms with Crippen molar-refractivity contribution in [1.82, 2.24) is 14.8 Å². The quantitative estimate of drug-likeness (QED) is 0.773. The van der Waals surface area contributed by atoms with Crippen LogP contribution in [0.15, 0.2) is 54.7 Å². The Labute approximate surface area is 166 Å². The first-order valence-corrected chi connectivity index (χ1v) is 9.90. The molecule has 2 amide bonds. The normalized spacial score (nSPS) is 15.9. The Morgan fingerprint density at radius 1 is 1.04 bits per heavy atom. The summed E-state index contributed by atoms with van der Waals surface area (Å²) in [7, 11) is 0. The molecule has 1 saturated heterocycles. The second-order valence-electron chi connectivity index (χ2n) is 7.09. The minimum absolute atomic E-state index is 0.0726. The maximum atomic E-state index is 12.6. The molecule has 0 N–H and O–H groups in total. The molecule has 0 radical (unpaired) electrons. The van der Waals surface area contributed by atoms with Crippen LogP contribution in [0.4, 0.5) is 5.82 Å². The third-order valence-corrected chi connectivity index (χ3v) is 5.22. The van der Waals surface area contributed by atoms with E-state index in [0.29, 0.717) is 31.9 Å². The highest BCUT2D eigenvalue weighted by Gasteiger charge is 2.27. The van der Waals surface area contributed by atoms with Crippen molar-refractivity contribution in [2.75, 3.05) is 37.6 Å². The number of hydrogen-bond acceptors (Lipinski definition) is 4. The van der Waals surface area contributed by atoms with Crippen molar-refractivity contribution in [3.8, 4) is 0 Å². The number of carbonyl (C=O) groups excluding carboxylic acids is 2. The fraction of sp³-hybridized carbons (Fsp3) is 0.409. The van der Waals surface area contributed by atoms with E-state index < -0.39 is 0 Å². The van der Waals surface area contributed by atoms with Gasteiger partial charge in [0.25, 0.3) is 5.91 Å². The van der Waals surface area contributed by atoms with Crippen LogP contribution in [0.5, 0.6) is 0 Å². The Kier molecular flexibility index (Phi) is 6.76. The van der Waals surface area contributed by atoms with Crippen LogP contribution in [-0.4, -0.2) is 65.4 Å². The van der Waals surface area contributed by atoms with Crippen LogP contribution < -0.4 is 4.90 Å². The van der Waals surface area contributed by atoms with E-state index in [4.69, 9.17) is 0 Å². The molecule has 1 aliphatic rings. The van der Waals surface area contributed by atoms with Gasteiger partial charge in [-0.2, -0.15) is 0 Å². The third-order valence-electron chi connectivity index (χ3n) is 5.22.